The number of rotatable bonds is 8. The van der Waals surface area contributed by atoms with Crippen molar-refractivity contribution in [1.82, 2.24) is 0 Å². The number of aryl methyl sites for hydroxylation is 1. The minimum absolute atomic E-state index is 0.0372. The van der Waals surface area contributed by atoms with Crippen LogP contribution in [0.1, 0.15) is 21.5 Å². The number of thioether (sulfide) groups is 1. The summed E-state index contributed by atoms with van der Waals surface area (Å²) in [5, 5.41) is 9.71. The number of aliphatic imine (C=N–C) groups is 1. The predicted molar refractivity (Wildman–Crippen MR) is 99.0 cm³/mol. The fourth-order valence-electron chi connectivity index (χ4n) is 2.38. The Morgan fingerprint density at radius 3 is 2.68 bits per heavy atom. The van der Waals surface area contributed by atoms with Crippen LogP contribution in [-0.4, -0.2) is 31.3 Å². The van der Waals surface area contributed by atoms with Gasteiger partial charge in [0.1, 0.15) is 11.3 Å². The molecule has 0 unspecified atom stereocenters. The highest BCUT2D eigenvalue weighted by Crippen LogP contribution is 2.38. The van der Waals surface area contributed by atoms with Crippen LogP contribution in [0.4, 0.5) is 5.69 Å². The Hall–Kier alpha value is -2.51. The molecule has 3 N–H and O–H groups in total. The highest BCUT2D eigenvalue weighted by molar-refractivity contribution is 7.98. The maximum atomic E-state index is 11.9. The smallest absolute Gasteiger partial charge is 0.339 e. The number of nitrogens with two attached hydrogens (primary N) is 1. The third-order valence-corrected chi connectivity index (χ3v) is 4.47. The standard InChI is InChI=1S/C18H20N2O4S/c1-12-8-15(24-11-23-2)16(18(21)22)14(17(12)20-10-19)9-25-13-6-4-3-5-7-13/h3-8,10H,9,11H2,1-2H3,(H2,19,20)(H,21,22). The highest BCUT2D eigenvalue weighted by atomic mass is 32.2. The molecule has 7 heteroatoms. The van der Waals surface area contributed by atoms with Gasteiger partial charge in [-0.15, -0.1) is 11.8 Å². The largest absolute Gasteiger partial charge is 0.478 e. The average Bonchev–Trinajstić information content (AvgIpc) is 2.61. The van der Waals surface area contributed by atoms with Gasteiger partial charge in [-0.3, -0.25) is 0 Å². The molecule has 2 aromatic carbocycles. The lowest BCUT2D eigenvalue weighted by molar-refractivity contribution is 0.0482. The molecule has 0 atom stereocenters. The minimum atomic E-state index is -1.08. The van der Waals surface area contributed by atoms with Crippen molar-refractivity contribution in [3.63, 3.8) is 0 Å². The topological polar surface area (TPSA) is 94.1 Å². The molecule has 25 heavy (non-hydrogen) atoms. The number of carboxylic acid groups (broad SMARTS) is 1. The number of carboxylic acids is 1. The molecule has 0 amide bonds. The van der Waals surface area contributed by atoms with Gasteiger partial charge in [0.05, 0.1) is 12.0 Å². The van der Waals surface area contributed by atoms with Crippen molar-refractivity contribution >= 4 is 29.8 Å². The molecule has 6 nitrogen and oxygen atoms in total. The lowest BCUT2D eigenvalue weighted by Gasteiger charge is -2.17. The van der Waals surface area contributed by atoms with E-state index in [9.17, 15) is 9.90 Å². The van der Waals surface area contributed by atoms with E-state index in [0.29, 0.717) is 17.0 Å². The SMILES string of the molecule is COCOc1cc(C)c(/N=C\N)c(CSc2ccccc2)c1C(=O)O. The van der Waals surface area contributed by atoms with E-state index >= 15 is 0 Å². The molecular weight excluding hydrogens is 340 g/mol. The zero-order chi connectivity index (χ0) is 18.2. The maximum Gasteiger partial charge on any atom is 0.339 e. The zero-order valence-corrected chi connectivity index (χ0v) is 14.9. The summed E-state index contributed by atoms with van der Waals surface area (Å²) in [6, 6.07) is 11.4. The number of methoxy groups -OCH3 is 1. The molecule has 0 saturated carbocycles. The third kappa shape index (κ3) is 4.74. The van der Waals surface area contributed by atoms with Gasteiger partial charge in [0.2, 0.25) is 0 Å². The number of hydrogen-bond acceptors (Lipinski definition) is 5. The lowest BCUT2D eigenvalue weighted by atomic mass is 10.0. The van der Waals surface area contributed by atoms with Crippen LogP contribution in [0, 0.1) is 6.92 Å². The molecule has 0 aromatic heterocycles. The van der Waals surface area contributed by atoms with E-state index in [2.05, 4.69) is 4.99 Å². The normalized spacial score (nSPS) is 11.0. The molecule has 0 spiro atoms. The second kappa shape index (κ2) is 9.10. The van der Waals surface area contributed by atoms with E-state index in [0.717, 1.165) is 10.5 Å². The summed E-state index contributed by atoms with van der Waals surface area (Å²) in [6.07, 6.45) is 1.17. The Bertz CT molecular complexity index is 763. The molecule has 132 valence electrons. The summed E-state index contributed by atoms with van der Waals surface area (Å²) in [4.78, 5) is 17.1. The average molecular weight is 360 g/mol. The Morgan fingerprint density at radius 1 is 1.36 bits per heavy atom. The molecule has 2 rings (SSSR count). The van der Waals surface area contributed by atoms with Gasteiger partial charge in [0.15, 0.2) is 6.79 Å². The van der Waals surface area contributed by atoms with Crippen LogP contribution in [0.15, 0.2) is 46.3 Å². The zero-order valence-electron chi connectivity index (χ0n) is 14.1. The molecule has 0 aliphatic carbocycles. The van der Waals surface area contributed by atoms with Crippen LogP contribution < -0.4 is 10.5 Å². The van der Waals surface area contributed by atoms with Crippen molar-refractivity contribution in [2.45, 2.75) is 17.6 Å². The fourth-order valence-corrected chi connectivity index (χ4v) is 3.32. The number of hydrogen-bond donors (Lipinski definition) is 2. The van der Waals surface area contributed by atoms with Gasteiger partial charge < -0.3 is 20.3 Å². The van der Waals surface area contributed by atoms with Crippen molar-refractivity contribution in [1.29, 1.82) is 0 Å². The molecule has 0 radical (unpaired) electrons. The van der Waals surface area contributed by atoms with E-state index in [1.807, 2.05) is 37.3 Å². The Labute approximate surface area is 150 Å². The van der Waals surface area contributed by atoms with Crippen LogP contribution >= 0.6 is 11.8 Å². The van der Waals surface area contributed by atoms with Gasteiger partial charge in [-0.1, -0.05) is 18.2 Å². The summed E-state index contributed by atoms with van der Waals surface area (Å²) in [5.41, 5.74) is 7.42. The minimum Gasteiger partial charge on any atom is -0.478 e. The first-order chi connectivity index (χ1) is 12.1. The second-order valence-electron chi connectivity index (χ2n) is 5.13. The number of benzene rings is 2. The summed E-state index contributed by atoms with van der Waals surface area (Å²) in [5.74, 6) is -0.404. The van der Waals surface area contributed by atoms with Gasteiger partial charge in [-0.05, 0) is 30.7 Å². The van der Waals surface area contributed by atoms with E-state index in [4.69, 9.17) is 15.2 Å². The molecule has 2 aromatic rings. The van der Waals surface area contributed by atoms with E-state index in [1.165, 1.54) is 25.2 Å². The van der Waals surface area contributed by atoms with Crippen LogP contribution in [0.2, 0.25) is 0 Å². The summed E-state index contributed by atoms with van der Waals surface area (Å²) in [7, 11) is 1.48. The predicted octanol–water partition coefficient (Wildman–Crippen LogP) is 3.59. The van der Waals surface area contributed by atoms with Crippen LogP contribution in [0.3, 0.4) is 0 Å². The van der Waals surface area contributed by atoms with E-state index in [-0.39, 0.29) is 18.1 Å². The Morgan fingerprint density at radius 2 is 2.08 bits per heavy atom. The highest BCUT2D eigenvalue weighted by Gasteiger charge is 2.22. The molecule has 0 heterocycles. The van der Waals surface area contributed by atoms with E-state index < -0.39 is 5.97 Å². The maximum absolute atomic E-state index is 11.9. The fraction of sp³-hybridized carbons (Fsp3) is 0.222. The number of carbonyl (C=O) groups is 1. The quantitative estimate of drug-likeness (QED) is 0.323. The van der Waals surface area contributed by atoms with Crippen molar-refractivity contribution in [2.24, 2.45) is 10.7 Å². The monoisotopic (exact) mass is 360 g/mol. The van der Waals surface area contributed by atoms with Gasteiger partial charge in [0.25, 0.3) is 0 Å². The van der Waals surface area contributed by atoms with Gasteiger partial charge in [0, 0.05) is 23.3 Å². The second-order valence-corrected chi connectivity index (χ2v) is 6.18. The molecule has 0 saturated heterocycles. The van der Waals surface area contributed by atoms with Crippen molar-refractivity contribution in [2.75, 3.05) is 13.9 Å². The summed E-state index contributed by atoms with van der Waals surface area (Å²) >= 11 is 1.52. The molecule has 0 aliphatic rings. The number of nitrogens with zero attached hydrogens (tertiary/aromatic N) is 1. The van der Waals surface area contributed by atoms with Gasteiger partial charge in [-0.25, -0.2) is 9.79 Å². The first-order valence-electron chi connectivity index (χ1n) is 7.52. The summed E-state index contributed by atoms with van der Waals surface area (Å²) in [6.45, 7) is 1.80. The number of aromatic carboxylic acids is 1. The first kappa shape index (κ1) is 18.8. The Kier molecular flexibility index (Phi) is 6.85. The van der Waals surface area contributed by atoms with Crippen LogP contribution in [0.25, 0.3) is 0 Å². The molecular formula is C18H20N2O4S. The molecule has 0 bridgehead atoms. The van der Waals surface area contributed by atoms with E-state index in [1.54, 1.807) is 6.07 Å². The summed E-state index contributed by atoms with van der Waals surface area (Å²) < 4.78 is 10.4. The van der Waals surface area contributed by atoms with Crippen LogP contribution in [-0.2, 0) is 10.5 Å². The Balaban J connectivity index is 2.50. The molecule has 0 fully saturated rings. The molecule has 0 aliphatic heterocycles. The first-order valence-corrected chi connectivity index (χ1v) is 8.50. The van der Waals surface area contributed by atoms with Gasteiger partial charge >= 0.3 is 5.97 Å². The third-order valence-electron chi connectivity index (χ3n) is 3.43. The van der Waals surface area contributed by atoms with Crippen molar-refractivity contribution in [3.8, 4) is 5.75 Å². The van der Waals surface area contributed by atoms with Crippen LogP contribution in [0.5, 0.6) is 5.75 Å². The lowest BCUT2D eigenvalue weighted by Crippen LogP contribution is -2.10. The van der Waals surface area contributed by atoms with Crippen molar-refractivity contribution < 1.29 is 19.4 Å². The van der Waals surface area contributed by atoms with Gasteiger partial charge in [-0.2, -0.15) is 0 Å². The van der Waals surface area contributed by atoms with Crippen molar-refractivity contribution in [3.05, 3.63) is 53.1 Å². The number of ether oxygens (including phenoxy) is 2.